The molecule has 8 heteroatoms. The number of hydrogen-bond donors (Lipinski definition) is 2. The van der Waals surface area contributed by atoms with Crippen molar-refractivity contribution in [1.82, 2.24) is 4.90 Å². The number of aliphatic hydroxyl groups is 1. The van der Waals surface area contributed by atoms with Crippen LogP contribution in [0.25, 0.3) is 0 Å². The summed E-state index contributed by atoms with van der Waals surface area (Å²) < 4.78 is 5.33. The third-order valence-corrected chi connectivity index (χ3v) is 3.41. The summed E-state index contributed by atoms with van der Waals surface area (Å²) in [7, 11) is 0. The maximum atomic E-state index is 12.5. The molecule has 0 saturated carbocycles. The number of nitrogens with zero attached hydrogens (tertiary/aromatic N) is 2. The normalized spacial score (nSPS) is 22.1. The molecule has 0 bridgehead atoms. The van der Waals surface area contributed by atoms with E-state index >= 15 is 0 Å². The third-order valence-electron chi connectivity index (χ3n) is 3.41. The molecule has 21 heavy (non-hydrogen) atoms. The summed E-state index contributed by atoms with van der Waals surface area (Å²) in [5.74, 6) is -1.17. The lowest BCUT2D eigenvalue weighted by atomic mass is 10.1. The first-order chi connectivity index (χ1) is 9.95. The lowest BCUT2D eigenvalue weighted by Gasteiger charge is -2.37. The summed E-state index contributed by atoms with van der Waals surface area (Å²) >= 11 is 0. The predicted molar refractivity (Wildman–Crippen MR) is 72.1 cm³/mol. The molecule has 2 rings (SSSR count). The first kappa shape index (κ1) is 15.2. The van der Waals surface area contributed by atoms with Gasteiger partial charge in [-0.05, 0) is 13.0 Å². The van der Waals surface area contributed by atoms with Gasteiger partial charge in [0, 0.05) is 12.6 Å². The van der Waals surface area contributed by atoms with E-state index in [-0.39, 0.29) is 31.4 Å². The van der Waals surface area contributed by atoms with Crippen molar-refractivity contribution in [1.29, 1.82) is 0 Å². The van der Waals surface area contributed by atoms with Crippen LogP contribution in [0.15, 0.2) is 18.2 Å². The summed E-state index contributed by atoms with van der Waals surface area (Å²) in [6.45, 7) is 1.96. The molecule has 0 radical (unpaired) electrons. The van der Waals surface area contributed by atoms with E-state index in [9.17, 15) is 20.0 Å². The Kier molecular flexibility index (Phi) is 4.39. The maximum absolute atomic E-state index is 12.5. The van der Waals surface area contributed by atoms with Gasteiger partial charge in [-0.3, -0.25) is 14.9 Å². The highest BCUT2D eigenvalue weighted by molar-refractivity contribution is 5.98. The van der Waals surface area contributed by atoms with Crippen LogP contribution in [0.4, 0.5) is 5.69 Å². The van der Waals surface area contributed by atoms with Crippen molar-refractivity contribution in [3.63, 3.8) is 0 Å². The van der Waals surface area contributed by atoms with E-state index in [4.69, 9.17) is 9.84 Å². The minimum absolute atomic E-state index is 0.130. The van der Waals surface area contributed by atoms with Crippen molar-refractivity contribution in [3.05, 3.63) is 33.9 Å². The van der Waals surface area contributed by atoms with Gasteiger partial charge in [-0.1, -0.05) is 6.07 Å². The highest BCUT2D eigenvalue weighted by Crippen LogP contribution is 2.31. The maximum Gasteiger partial charge on any atom is 0.311 e. The van der Waals surface area contributed by atoms with Crippen LogP contribution >= 0.6 is 0 Å². The molecule has 114 valence electrons. The number of para-hydroxylation sites is 1. The van der Waals surface area contributed by atoms with Crippen LogP contribution in [0.2, 0.25) is 0 Å². The SMILES string of the molecule is CC1COC(CO)CN1C(=O)c1cccc([N+](=O)[O-])c1O. The van der Waals surface area contributed by atoms with E-state index in [2.05, 4.69) is 0 Å². The molecule has 2 N–H and O–H groups in total. The molecule has 1 aliphatic rings. The summed E-state index contributed by atoms with van der Waals surface area (Å²) in [4.78, 5) is 24.0. The lowest BCUT2D eigenvalue weighted by Crippen LogP contribution is -2.52. The fraction of sp³-hybridized carbons (Fsp3) is 0.462. The van der Waals surface area contributed by atoms with Gasteiger partial charge in [0.05, 0.1) is 35.8 Å². The van der Waals surface area contributed by atoms with Crippen molar-refractivity contribution in [2.45, 2.75) is 19.1 Å². The second kappa shape index (κ2) is 6.06. The predicted octanol–water partition coefficient (Wildman–Crippen LogP) is 0.522. The Balaban J connectivity index is 2.31. The van der Waals surface area contributed by atoms with Crippen LogP contribution in [0.5, 0.6) is 5.75 Å². The van der Waals surface area contributed by atoms with Crippen LogP contribution in [-0.2, 0) is 4.74 Å². The zero-order valence-electron chi connectivity index (χ0n) is 11.4. The molecule has 1 saturated heterocycles. The number of phenolic OH excluding ortho intramolecular Hbond substituents is 1. The minimum Gasteiger partial charge on any atom is -0.502 e. The zero-order valence-corrected chi connectivity index (χ0v) is 11.4. The number of carbonyl (C=O) groups excluding carboxylic acids is 1. The molecule has 0 aromatic heterocycles. The lowest BCUT2D eigenvalue weighted by molar-refractivity contribution is -0.385. The summed E-state index contributed by atoms with van der Waals surface area (Å²) in [6.07, 6.45) is -0.494. The standard InChI is InChI=1S/C13H16N2O6/c1-8-7-21-9(6-16)5-14(8)13(18)10-3-2-4-11(12(10)17)15(19)20/h2-4,8-9,16-17H,5-7H2,1H3. The number of nitro benzene ring substituents is 1. The number of carbonyl (C=O) groups is 1. The van der Waals surface area contributed by atoms with Gasteiger partial charge < -0.3 is 19.8 Å². The number of hydrogen-bond acceptors (Lipinski definition) is 6. The average Bonchev–Trinajstić information content (AvgIpc) is 2.47. The number of ether oxygens (including phenoxy) is 1. The molecule has 2 unspecified atom stereocenters. The van der Waals surface area contributed by atoms with Gasteiger partial charge in [-0.15, -0.1) is 0 Å². The van der Waals surface area contributed by atoms with Gasteiger partial charge in [0.1, 0.15) is 0 Å². The Morgan fingerprint density at radius 1 is 1.57 bits per heavy atom. The van der Waals surface area contributed by atoms with Gasteiger partial charge in [0.15, 0.2) is 0 Å². The number of rotatable bonds is 3. The largest absolute Gasteiger partial charge is 0.502 e. The molecule has 1 aromatic carbocycles. The third kappa shape index (κ3) is 2.96. The van der Waals surface area contributed by atoms with Crippen molar-refractivity contribution in [2.24, 2.45) is 0 Å². The molecule has 2 atom stereocenters. The van der Waals surface area contributed by atoms with E-state index in [1.54, 1.807) is 6.92 Å². The number of amides is 1. The summed E-state index contributed by atoms with van der Waals surface area (Å²) in [5, 5.41) is 29.8. The molecule has 1 amide bonds. The van der Waals surface area contributed by atoms with Crippen LogP contribution in [0, 0.1) is 10.1 Å². The Morgan fingerprint density at radius 2 is 2.29 bits per heavy atom. The fourth-order valence-electron chi connectivity index (χ4n) is 2.22. The average molecular weight is 296 g/mol. The van der Waals surface area contributed by atoms with Crippen molar-refractivity contribution in [2.75, 3.05) is 19.8 Å². The number of aliphatic hydroxyl groups excluding tert-OH is 1. The number of aromatic hydroxyl groups is 1. The van der Waals surface area contributed by atoms with Crippen LogP contribution in [0.1, 0.15) is 17.3 Å². The molecule has 1 aliphatic heterocycles. The molecular formula is C13H16N2O6. The van der Waals surface area contributed by atoms with Crippen molar-refractivity contribution >= 4 is 11.6 Å². The van der Waals surface area contributed by atoms with Crippen molar-refractivity contribution in [3.8, 4) is 5.75 Å². The Hall–Kier alpha value is -2.19. The molecule has 1 fully saturated rings. The Bertz CT molecular complexity index is 562. The van der Waals surface area contributed by atoms with Gasteiger partial charge in [-0.2, -0.15) is 0 Å². The molecular weight excluding hydrogens is 280 g/mol. The monoisotopic (exact) mass is 296 g/mol. The van der Waals surface area contributed by atoms with Gasteiger partial charge in [-0.25, -0.2) is 0 Å². The molecule has 0 aliphatic carbocycles. The van der Waals surface area contributed by atoms with E-state index in [0.29, 0.717) is 0 Å². The highest BCUT2D eigenvalue weighted by Gasteiger charge is 2.32. The Labute approximate surface area is 120 Å². The van der Waals surface area contributed by atoms with E-state index in [1.165, 1.54) is 17.0 Å². The second-order valence-electron chi connectivity index (χ2n) is 4.87. The van der Waals surface area contributed by atoms with E-state index in [0.717, 1.165) is 6.07 Å². The fourth-order valence-corrected chi connectivity index (χ4v) is 2.22. The number of morpholine rings is 1. The highest BCUT2D eigenvalue weighted by atomic mass is 16.6. The molecule has 0 spiro atoms. The smallest absolute Gasteiger partial charge is 0.311 e. The second-order valence-corrected chi connectivity index (χ2v) is 4.87. The number of nitro groups is 1. The summed E-state index contributed by atoms with van der Waals surface area (Å²) in [6, 6.07) is 3.56. The first-order valence-electron chi connectivity index (χ1n) is 6.45. The van der Waals surface area contributed by atoms with Crippen LogP contribution in [0.3, 0.4) is 0 Å². The summed E-state index contributed by atoms with van der Waals surface area (Å²) in [5.41, 5.74) is -0.643. The van der Waals surface area contributed by atoms with Crippen LogP contribution in [-0.4, -0.2) is 57.8 Å². The topological polar surface area (TPSA) is 113 Å². The minimum atomic E-state index is -0.745. The van der Waals surface area contributed by atoms with Gasteiger partial charge in [0.25, 0.3) is 5.91 Å². The van der Waals surface area contributed by atoms with Gasteiger partial charge in [0.2, 0.25) is 5.75 Å². The van der Waals surface area contributed by atoms with Crippen molar-refractivity contribution < 1.29 is 24.7 Å². The van der Waals surface area contributed by atoms with E-state index in [1.807, 2.05) is 0 Å². The first-order valence-corrected chi connectivity index (χ1v) is 6.45. The number of benzene rings is 1. The number of phenols is 1. The zero-order chi connectivity index (χ0) is 15.6. The quantitative estimate of drug-likeness (QED) is 0.621. The van der Waals surface area contributed by atoms with Gasteiger partial charge >= 0.3 is 5.69 Å². The molecule has 8 nitrogen and oxygen atoms in total. The molecule has 1 heterocycles. The molecule has 1 aromatic rings. The van der Waals surface area contributed by atoms with E-state index < -0.39 is 28.4 Å². The Morgan fingerprint density at radius 3 is 2.90 bits per heavy atom. The van der Waals surface area contributed by atoms with Crippen LogP contribution < -0.4 is 0 Å².